The summed E-state index contributed by atoms with van der Waals surface area (Å²) in [5, 5.41) is 3.60. The van der Waals surface area contributed by atoms with Gasteiger partial charge in [-0.2, -0.15) is 0 Å². The van der Waals surface area contributed by atoms with Gasteiger partial charge in [0, 0.05) is 0 Å². The van der Waals surface area contributed by atoms with E-state index in [9.17, 15) is 4.79 Å². The lowest BCUT2D eigenvalue weighted by Crippen LogP contribution is -2.31. The summed E-state index contributed by atoms with van der Waals surface area (Å²) >= 11 is 0. The van der Waals surface area contributed by atoms with Gasteiger partial charge in [-0.1, -0.05) is 84.9 Å². The highest BCUT2D eigenvalue weighted by Gasteiger charge is 2.46. The van der Waals surface area contributed by atoms with Crippen LogP contribution in [0.15, 0.2) is 133 Å². The zero-order chi connectivity index (χ0) is 25.9. The Morgan fingerprint density at radius 2 is 1.05 bits per heavy atom. The average Bonchev–Trinajstić information content (AvgIpc) is 2.96. The third-order valence-electron chi connectivity index (χ3n) is 6.32. The molecule has 4 rings (SSSR count). The molecule has 4 aromatic rings. The Balaban J connectivity index is 2.00. The second-order valence-corrected chi connectivity index (χ2v) is 11.9. The van der Waals surface area contributed by atoms with E-state index in [0.717, 1.165) is 5.56 Å². The highest BCUT2D eigenvalue weighted by atomic mass is 31.2. The van der Waals surface area contributed by atoms with Crippen LogP contribution in [0.5, 0.6) is 0 Å². The normalized spacial score (nSPS) is 12.5. The van der Waals surface area contributed by atoms with E-state index in [1.54, 1.807) is 0 Å². The monoisotopic (exact) mass is 509 g/mol. The Labute approximate surface area is 221 Å². The molecular formula is C33H34O3P+. The number of esters is 1. The van der Waals surface area contributed by atoms with Gasteiger partial charge >= 0.3 is 5.97 Å². The second kappa shape index (κ2) is 13.0. The number of hydrogen-bond donors (Lipinski definition) is 0. The summed E-state index contributed by atoms with van der Waals surface area (Å²) in [6.45, 7) is 4.58. The summed E-state index contributed by atoms with van der Waals surface area (Å²) < 4.78 is 11.9. The second-order valence-electron chi connectivity index (χ2n) is 8.69. The van der Waals surface area contributed by atoms with Gasteiger partial charge in [-0.3, -0.25) is 4.79 Å². The van der Waals surface area contributed by atoms with E-state index in [1.807, 2.05) is 62.4 Å². The maximum absolute atomic E-state index is 13.4. The topological polar surface area (TPSA) is 35.5 Å². The van der Waals surface area contributed by atoms with E-state index in [0.29, 0.717) is 25.4 Å². The fourth-order valence-corrected chi connectivity index (χ4v) is 8.54. The van der Waals surface area contributed by atoms with Gasteiger partial charge < -0.3 is 9.47 Å². The first-order valence-corrected chi connectivity index (χ1v) is 14.7. The Bertz CT molecular complexity index is 1180. The van der Waals surface area contributed by atoms with Gasteiger partial charge in [-0.25, -0.2) is 0 Å². The third-order valence-corrected chi connectivity index (χ3v) is 10.3. The highest BCUT2D eigenvalue weighted by molar-refractivity contribution is 7.98. The van der Waals surface area contributed by atoms with Crippen molar-refractivity contribution in [2.75, 3.05) is 13.2 Å². The lowest BCUT2D eigenvalue weighted by atomic mass is 9.98. The van der Waals surface area contributed by atoms with Gasteiger partial charge in [0.2, 0.25) is 0 Å². The van der Waals surface area contributed by atoms with Crippen molar-refractivity contribution in [1.29, 1.82) is 0 Å². The van der Waals surface area contributed by atoms with Gasteiger partial charge in [0.1, 0.15) is 40.7 Å². The zero-order valence-corrected chi connectivity index (χ0v) is 22.4. The van der Waals surface area contributed by atoms with Crippen LogP contribution in [0.3, 0.4) is 0 Å². The Hall–Kier alpha value is -3.68. The Kier molecular flexibility index (Phi) is 9.29. The highest BCUT2D eigenvalue weighted by Crippen LogP contribution is 2.58. The summed E-state index contributed by atoms with van der Waals surface area (Å²) in [4.78, 5) is 13.4. The molecule has 4 heteroatoms. The molecule has 0 saturated carbocycles. The molecule has 0 N–H and O–H groups in total. The van der Waals surface area contributed by atoms with Crippen molar-refractivity contribution < 1.29 is 14.3 Å². The Morgan fingerprint density at radius 1 is 0.649 bits per heavy atom. The van der Waals surface area contributed by atoms with Gasteiger partial charge in [0.25, 0.3) is 0 Å². The standard InChI is InChI=1S/C33H34O3P/c1-3-35-32(31(33(34)36-4-2)25-27-17-9-5-10-18-27)26-37(28-19-11-6-12-20-28,29-21-13-7-14-22-29)30-23-15-8-16-24-30/h5-24,26,31H,3-4,25H2,1-2H3/q+1/b32-26-. The molecule has 188 valence electrons. The van der Waals surface area contributed by atoms with E-state index in [4.69, 9.17) is 9.47 Å². The number of rotatable bonds is 11. The fraction of sp³-hybridized carbons (Fsp3) is 0.182. The molecule has 0 aromatic heterocycles. The molecule has 0 aliphatic rings. The minimum Gasteiger partial charge on any atom is -0.494 e. The number of ether oxygens (including phenoxy) is 2. The van der Waals surface area contributed by atoms with E-state index in [1.165, 1.54) is 15.9 Å². The molecule has 4 aromatic carbocycles. The van der Waals surface area contributed by atoms with Crippen LogP contribution >= 0.6 is 7.26 Å². The molecule has 0 saturated heterocycles. The Morgan fingerprint density at radius 3 is 1.46 bits per heavy atom. The molecule has 1 unspecified atom stereocenters. The molecule has 0 heterocycles. The minimum atomic E-state index is -2.35. The molecule has 1 atom stereocenters. The van der Waals surface area contributed by atoms with E-state index in [-0.39, 0.29) is 5.97 Å². The molecular weight excluding hydrogens is 475 g/mol. The molecule has 3 nitrogen and oxygen atoms in total. The van der Waals surface area contributed by atoms with E-state index >= 15 is 0 Å². The van der Waals surface area contributed by atoms with Gasteiger partial charge in [-0.05, 0) is 62.2 Å². The summed E-state index contributed by atoms with van der Waals surface area (Å²) in [5.74, 6) is 2.09. The van der Waals surface area contributed by atoms with Crippen LogP contribution in [-0.2, 0) is 20.7 Å². The molecule has 0 aliphatic heterocycles. The number of benzene rings is 4. The summed E-state index contributed by atoms with van der Waals surface area (Å²) in [7, 11) is -2.35. The van der Waals surface area contributed by atoms with Crippen LogP contribution in [0.1, 0.15) is 19.4 Å². The van der Waals surface area contributed by atoms with E-state index in [2.05, 4.69) is 78.6 Å². The minimum absolute atomic E-state index is 0.265. The number of carbonyl (C=O) groups is 1. The first kappa shape index (κ1) is 26.4. The first-order valence-electron chi connectivity index (χ1n) is 12.8. The van der Waals surface area contributed by atoms with Crippen molar-refractivity contribution in [2.24, 2.45) is 5.92 Å². The predicted molar refractivity (Wildman–Crippen MR) is 155 cm³/mol. The van der Waals surface area contributed by atoms with Crippen molar-refractivity contribution in [3.05, 3.63) is 138 Å². The average molecular weight is 510 g/mol. The largest absolute Gasteiger partial charge is 0.494 e. The van der Waals surface area contributed by atoms with Crippen LogP contribution < -0.4 is 15.9 Å². The van der Waals surface area contributed by atoms with Crippen LogP contribution in [0.4, 0.5) is 0 Å². The van der Waals surface area contributed by atoms with Crippen molar-refractivity contribution >= 4 is 29.1 Å². The van der Waals surface area contributed by atoms with Crippen molar-refractivity contribution in [3.8, 4) is 0 Å². The molecule has 0 fully saturated rings. The maximum Gasteiger partial charge on any atom is 0.317 e. The lowest BCUT2D eigenvalue weighted by Gasteiger charge is -2.27. The molecule has 0 spiro atoms. The summed E-state index contributed by atoms with van der Waals surface area (Å²) in [6, 6.07) is 41.8. The first-order chi connectivity index (χ1) is 18.2. The predicted octanol–water partition coefficient (Wildman–Crippen LogP) is 6.28. The molecule has 0 bridgehead atoms. The molecule has 0 amide bonds. The maximum atomic E-state index is 13.4. The number of carbonyl (C=O) groups excluding carboxylic acids is 1. The van der Waals surface area contributed by atoms with Crippen LogP contribution in [0, 0.1) is 5.92 Å². The van der Waals surface area contributed by atoms with Crippen LogP contribution in [0.25, 0.3) is 0 Å². The fourth-order valence-electron chi connectivity index (χ4n) is 4.64. The quantitative estimate of drug-likeness (QED) is 0.136. The van der Waals surface area contributed by atoms with Crippen LogP contribution in [0.2, 0.25) is 0 Å². The lowest BCUT2D eigenvalue weighted by molar-refractivity contribution is -0.147. The number of hydrogen-bond acceptors (Lipinski definition) is 3. The van der Waals surface area contributed by atoms with Crippen molar-refractivity contribution in [2.45, 2.75) is 20.3 Å². The zero-order valence-electron chi connectivity index (χ0n) is 21.5. The van der Waals surface area contributed by atoms with Gasteiger partial charge in [0.05, 0.1) is 13.2 Å². The van der Waals surface area contributed by atoms with Crippen molar-refractivity contribution in [1.82, 2.24) is 0 Å². The molecule has 0 aliphatic carbocycles. The smallest absolute Gasteiger partial charge is 0.317 e. The van der Waals surface area contributed by atoms with Crippen molar-refractivity contribution in [3.63, 3.8) is 0 Å². The van der Waals surface area contributed by atoms with Gasteiger partial charge in [-0.15, -0.1) is 0 Å². The third kappa shape index (κ3) is 6.18. The SMILES string of the molecule is CCOC(=O)C(Cc1ccccc1)/C(=C/[P+](c1ccccc1)(c1ccccc1)c1ccccc1)OCC. The van der Waals surface area contributed by atoms with E-state index < -0.39 is 13.2 Å². The summed E-state index contributed by atoms with van der Waals surface area (Å²) in [5.41, 5.74) is 1.06. The van der Waals surface area contributed by atoms with Gasteiger partial charge in [0.15, 0.2) is 0 Å². The molecule has 37 heavy (non-hydrogen) atoms. The molecule has 0 radical (unpaired) electrons. The van der Waals surface area contributed by atoms with Crippen LogP contribution in [-0.4, -0.2) is 19.2 Å². The summed E-state index contributed by atoms with van der Waals surface area (Å²) in [6.07, 6.45) is 0.504.